The van der Waals surface area contributed by atoms with Crippen molar-refractivity contribution in [2.24, 2.45) is 11.8 Å². The Morgan fingerprint density at radius 3 is 2.39 bits per heavy atom. The van der Waals surface area contributed by atoms with Crippen LogP contribution >= 0.6 is 0 Å². The highest BCUT2D eigenvalue weighted by atomic mass is 16.6. The highest BCUT2D eigenvalue weighted by Crippen LogP contribution is 2.32. The van der Waals surface area contributed by atoms with Crippen LogP contribution in [0.25, 0.3) is 0 Å². The van der Waals surface area contributed by atoms with Crippen molar-refractivity contribution in [3.8, 4) is 0 Å². The lowest BCUT2D eigenvalue weighted by Crippen LogP contribution is -2.23. The van der Waals surface area contributed by atoms with Gasteiger partial charge in [0.2, 0.25) is 0 Å². The van der Waals surface area contributed by atoms with E-state index in [4.69, 9.17) is 4.74 Å². The van der Waals surface area contributed by atoms with Gasteiger partial charge >= 0.3 is 5.97 Å². The molecule has 0 spiro atoms. The highest BCUT2D eigenvalue weighted by Gasteiger charge is 2.34. The Hall–Kier alpha value is -0.530. The zero-order valence-electron chi connectivity index (χ0n) is 12.6. The number of ether oxygens (including phenoxy) is 1. The third-order valence-corrected chi connectivity index (χ3v) is 4.10. The zero-order valence-corrected chi connectivity index (χ0v) is 12.6. The number of hydrogen-bond acceptors (Lipinski definition) is 2. The summed E-state index contributed by atoms with van der Waals surface area (Å²) in [5.74, 6) is 1.63. The molecular formula is C16H30O2. The van der Waals surface area contributed by atoms with Gasteiger partial charge in [-0.3, -0.25) is 4.79 Å². The lowest BCUT2D eigenvalue weighted by atomic mass is 9.91. The molecule has 1 aliphatic rings. The number of esters is 1. The molecule has 1 fully saturated rings. The van der Waals surface area contributed by atoms with Crippen LogP contribution in [0.4, 0.5) is 0 Å². The normalized spacial score (nSPS) is 25.5. The Morgan fingerprint density at radius 2 is 1.83 bits per heavy atom. The van der Waals surface area contributed by atoms with Crippen LogP contribution in [0.3, 0.4) is 0 Å². The summed E-state index contributed by atoms with van der Waals surface area (Å²) in [5.41, 5.74) is -0.158. The standard InChI is InChI=1S/C16H30O2/c1-13(2)7-5-8-14(3)9-6-11-16(4)12-10-15(17)18-16/h13-14H,5-12H2,1-4H3. The second-order valence-electron chi connectivity index (χ2n) is 6.75. The predicted molar refractivity (Wildman–Crippen MR) is 75.4 cm³/mol. The SMILES string of the molecule is CC(C)CCCC(C)CCCC1(C)CCC(=O)O1. The average molecular weight is 254 g/mol. The summed E-state index contributed by atoms with van der Waals surface area (Å²) in [6.07, 6.45) is 9.05. The third-order valence-electron chi connectivity index (χ3n) is 4.10. The molecule has 0 aromatic rings. The molecule has 1 aliphatic heterocycles. The Labute approximate surface area is 112 Å². The number of carbonyl (C=O) groups is 1. The van der Waals surface area contributed by atoms with Gasteiger partial charge in [0.15, 0.2) is 0 Å². The van der Waals surface area contributed by atoms with Gasteiger partial charge in [-0.2, -0.15) is 0 Å². The first-order valence-electron chi connectivity index (χ1n) is 7.63. The molecule has 18 heavy (non-hydrogen) atoms. The van der Waals surface area contributed by atoms with Gasteiger partial charge in [-0.1, -0.05) is 46.5 Å². The number of hydrogen-bond donors (Lipinski definition) is 0. The molecule has 0 saturated carbocycles. The smallest absolute Gasteiger partial charge is 0.306 e. The number of cyclic esters (lactones) is 1. The molecule has 0 amide bonds. The maximum absolute atomic E-state index is 11.1. The molecule has 106 valence electrons. The maximum Gasteiger partial charge on any atom is 0.306 e. The van der Waals surface area contributed by atoms with Gasteiger partial charge in [-0.25, -0.2) is 0 Å². The van der Waals surface area contributed by atoms with E-state index in [1.807, 2.05) is 0 Å². The first-order valence-corrected chi connectivity index (χ1v) is 7.63. The Balaban J connectivity index is 2.08. The van der Waals surface area contributed by atoms with Crippen molar-refractivity contribution in [3.63, 3.8) is 0 Å². The van der Waals surface area contributed by atoms with E-state index in [9.17, 15) is 4.79 Å². The average Bonchev–Trinajstić information content (AvgIpc) is 2.58. The fraction of sp³-hybridized carbons (Fsp3) is 0.938. The van der Waals surface area contributed by atoms with E-state index in [0.29, 0.717) is 6.42 Å². The summed E-state index contributed by atoms with van der Waals surface area (Å²) in [4.78, 5) is 11.1. The quantitative estimate of drug-likeness (QED) is 0.586. The van der Waals surface area contributed by atoms with E-state index >= 15 is 0 Å². The van der Waals surface area contributed by atoms with Crippen molar-refractivity contribution in [1.29, 1.82) is 0 Å². The summed E-state index contributed by atoms with van der Waals surface area (Å²) >= 11 is 0. The van der Waals surface area contributed by atoms with Gasteiger partial charge in [-0.05, 0) is 38.0 Å². The Kier molecular flexibility index (Phi) is 6.17. The van der Waals surface area contributed by atoms with Crippen molar-refractivity contribution in [3.05, 3.63) is 0 Å². The van der Waals surface area contributed by atoms with Crippen molar-refractivity contribution < 1.29 is 9.53 Å². The van der Waals surface area contributed by atoms with Gasteiger partial charge in [0, 0.05) is 6.42 Å². The first-order chi connectivity index (χ1) is 8.41. The molecule has 0 bridgehead atoms. The van der Waals surface area contributed by atoms with Gasteiger partial charge in [0.05, 0.1) is 0 Å². The minimum atomic E-state index is -0.158. The van der Waals surface area contributed by atoms with Crippen LogP contribution in [0, 0.1) is 11.8 Å². The van der Waals surface area contributed by atoms with Crippen LogP contribution in [0.5, 0.6) is 0 Å². The number of carbonyl (C=O) groups excluding carboxylic acids is 1. The van der Waals surface area contributed by atoms with Crippen LogP contribution in [0.1, 0.15) is 79.1 Å². The lowest BCUT2D eigenvalue weighted by Gasteiger charge is -2.23. The van der Waals surface area contributed by atoms with E-state index in [-0.39, 0.29) is 11.6 Å². The van der Waals surface area contributed by atoms with Crippen molar-refractivity contribution in [2.45, 2.75) is 84.7 Å². The molecule has 2 unspecified atom stereocenters. The minimum Gasteiger partial charge on any atom is -0.459 e. The molecule has 0 aromatic heterocycles. The van der Waals surface area contributed by atoms with Gasteiger partial charge in [0.1, 0.15) is 5.60 Å². The van der Waals surface area contributed by atoms with Crippen LogP contribution < -0.4 is 0 Å². The third kappa shape index (κ3) is 5.88. The molecule has 1 rings (SSSR count). The van der Waals surface area contributed by atoms with E-state index in [1.54, 1.807) is 0 Å². The summed E-state index contributed by atoms with van der Waals surface area (Å²) < 4.78 is 5.40. The first kappa shape index (κ1) is 15.5. The van der Waals surface area contributed by atoms with E-state index in [0.717, 1.165) is 24.7 Å². The highest BCUT2D eigenvalue weighted by molar-refractivity contribution is 5.72. The fourth-order valence-corrected chi connectivity index (χ4v) is 2.76. The largest absolute Gasteiger partial charge is 0.459 e. The van der Waals surface area contributed by atoms with Crippen LogP contribution in [-0.2, 0) is 9.53 Å². The second kappa shape index (κ2) is 7.16. The van der Waals surface area contributed by atoms with Gasteiger partial charge < -0.3 is 4.74 Å². The Bertz CT molecular complexity index is 260. The molecule has 2 atom stereocenters. The summed E-state index contributed by atoms with van der Waals surface area (Å²) in [6.45, 7) is 9.02. The zero-order chi connectivity index (χ0) is 13.6. The van der Waals surface area contributed by atoms with Gasteiger partial charge in [-0.15, -0.1) is 0 Å². The summed E-state index contributed by atoms with van der Waals surface area (Å²) in [7, 11) is 0. The maximum atomic E-state index is 11.1. The molecule has 0 radical (unpaired) electrons. The molecule has 1 heterocycles. The molecule has 0 N–H and O–H groups in total. The second-order valence-corrected chi connectivity index (χ2v) is 6.75. The lowest BCUT2D eigenvalue weighted by molar-refractivity contribution is -0.147. The predicted octanol–water partition coefficient (Wildman–Crippen LogP) is 4.71. The van der Waals surface area contributed by atoms with Crippen molar-refractivity contribution >= 4 is 5.97 Å². The van der Waals surface area contributed by atoms with E-state index in [2.05, 4.69) is 27.7 Å². The van der Waals surface area contributed by atoms with Crippen molar-refractivity contribution in [2.75, 3.05) is 0 Å². The van der Waals surface area contributed by atoms with Crippen LogP contribution in [0.15, 0.2) is 0 Å². The minimum absolute atomic E-state index is 0.0116. The molecule has 0 aromatic carbocycles. The van der Waals surface area contributed by atoms with Crippen LogP contribution in [0.2, 0.25) is 0 Å². The van der Waals surface area contributed by atoms with Crippen molar-refractivity contribution in [1.82, 2.24) is 0 Å². The summed E-state index contributed by atoms with van der Waals surface area (Å²) in [5, 5.41) is 0. The molecule has 1 saturated heterocycles. The topological polar surface area (TPSA) is 26.3 Å². The van der Waals surface area contributed by atoms with E-state index < -0.39 is 0 Å². The summed E-state index contributed by atoms with van der Waals surface area (Å²) in [6, 6.07) is 0. The molecular weight excluding hydrogens is 224 g/mol. The fourth-order valence-electron chi connectivity index (χ4n) is 2.76. The van der Waals surface area contributed by atoms with Gasteiger partial charge in [0.25, 0.3) is 0 Å². The van der Waals surface area contributed by atoms with Crippen LogP contribution in [-0.4, -0.2) is 11.6 Å². The number of rotatable bonds is 8. The molecule has 2 nitrogen and oxygen atoms in total. The molecule has 2 heteroatoms. The van der Waals surface area contributed by atoms with E-state index in [1.165, 1.54) is 32.1 Å². The molecule has 0 aliphatic carbocycles. The monoisotopic (exact) mass is 254 g/mol. The Morgan fingerprint density at radius 1 is 1.17 bits per heavy atom.